The average Bonchev–Trinajstić information content (AvgIpc) is 3.54. The summed E-state index contributed by atoms with van der Waals surface area (Å²) in [5, 5.41) is 9.23. The molecular formula is C24H24F3N5O. The van der Waals surface area contributed by atoms with Crippen molar-refractivity contribution in [2.24, 2.45) is 7.05 Å². The quantitative estimate of drug-likeness (QED) is 0.440. The van der Waals surface area contributed by atoms with Gasteiger partial charge in [0, 0.05) is 19.1 Å². The van der Waals surface area contributed by atoms with Crippen LogP contribution in [0.15, 0.2) is 47.3 Å². The van der Waals surface area contributed by atoms with E-state index in [1.807, 2.05) is 36.4 Å². The lowest BCUT2D eigenvalue weighted by molar-refractivity contribution is -0.137. The summed E-state index contributed by atoms with van der Waals surface area (Å²) in [6.45, 7) is 4.26. The van der Waals surface area contributed by atoms with E-state index in [1.165, 1.54) is 16.7 Å². The predicted octanol–water partition coefficient (Wildman–Crippen LogP) is 4.63. The van der Waals surface area contributed by atoms with Crippen LogP contribution in [0.1, 0.15) is 48.3 Å². The maximum atomic E-state index is 13.3. The Labute approximate surface area is 188 Å². The molecule has 2 aromatic heterocycles. The van der Waals surface area contributed by atoms with Crippen LogP contribution in [0, 0.1) is 6.92 Å². The van der Waals surface area contributed by atoms with Crippen LogP contribution in [0.2, 0.25) is 0 Å². The van der Waals surface area contributed by atoms with E-state index in [1.54, 1.807) is 13.1 Å². The molecule has 172 valence electrons. The number of aryl methyl sites for hydroxylation is 2. The van der Waals surface area contributed by atoms with Crippen LogP contribution < -0.4 is 5.56 Å². The largest absolute Gasteiger partial charge is 0.416 e. The summed E-state index contributed by atoms with van der Waals surface area (Å²) in [5.41, 5.74) is 1.52. The van der Waals surface area contributed by atoms with Gasteiger partial charge in [-0.15, -0.1) is 10.2 Å². The number of rotatable bonds is 5. The Bertz CT molecular complexity index is 1420. The Morgan fingerprint density at radius 3 is 2.61 bits per heavy atom. The molecule has 1 aliphatic rings. The smallest absolute Gasteiger partial charge is 0.286 e. The second kappa shape index (κ2) is 7.69. The Morgan fingerprint density at radius 2 is 1.91 bits per heavy atom. The second-order valence-corrected chi connectivity index (χ2v) is 8.84. The molecule has 0 N–H and O–H groups in total. The lowest BCUT2D eigenvalue weighted by Crippen LogP contribution is -2.30. The number of benzene rings is 2. The van der Waals surface area contributed by atoms with E-state index in [0.29, 0.717) is 29.1 Å². The van der Waals surface area contributed by atoms with E-state index in [-0.39, 0.29) is 17.6 Å². The molecule has 0 aliphatic heterocycles. The standard InChI is InChI=1S/C24H24F3N5O/c1-14-7-10-20-19(11-14)22(33)30(3)23-29-28-21(32(20)23)13-31(18-8-9-18)15(2)16-5-4-6-17(12-16)24(25,26)27/h4-7,10-12,15,18H,8-9,13H2,1-3H3. The number of aromatic nitrogens is 4. The fraction of sp³-hybridized carbons (Fsp3) is 0.375. The highest BCUT2D eigenvalue weighted by Gasteiger charge is 2.35. The van der Waals surface area contributed by atoms with Crippen molar-refractivity contribution in [1.29, 1.82) is 0 Å². The van der Waals surface area contributed by atoms with Gasteiger partial charge < -0.3 is 0 Å². The van der Waals surface area contributed by atoms with Gasteiger partial charge in [-0.25, -0.2) is 0 Å². The first-order valence-corrected chi connectivity index (χ1v) is 10.9. The molecule has 0 saturated heterocycles. The van der Waals surface area contributed by atoms with E-state index in [2.05, 4.69) is 15.1 Å². The summed E-state index contributed by atoms with van der Waals surface area (Å²) < 4.78 is 43.2. The first kappa shape index (κ1) is 21.6. The third-order valence-electron chi connectivity index (χ3n) is 6.47. The van der Waals surface area contributed by atoms with Crippen LogP contribution in [0.25, 0.3) is 16.7 Å². The fourth-order valence-corrected chi connectivity index (χ4v) is 4.48. The van der Waals surface area contributed by atoms with Crippen molar-refractivity contribution in [3.8, 4) is 0 Å². The van der Waals surface area contributed by atoms with Crippen LogP contribution in [0.5, 0.6) is 0 Å². The topological polar surface area (TPSA) is 55.4 Å². The number of halogens is 3. The van der Waals surface area contributed by atoms with Gasteiger partial charge in [-0.3, -0.25) is 18.7 Å². The van der Waals surface area contributed by atoms with Gasteiger partial charge >= 0.3 is 6.18 Å². The molecule has 6 nitrogen and oxygen atoms in total. The zero-order valence-electron chi connectivity index (χ0n) is 18.6. The predicted molar refractivity (Wildman–Crippen MR) is 119 cm³/mol. The van der Waals surface area contributed by atoms with E-state index in [4.69, 9.17) is 0 Å². The van der Waals surface area contributed by atoms with E-state index in [9.17, 15) is 18.0 Å². The minimum Gasteiger partial charge on any atom is -0.286 e. The van der Waals surface area contributed by atoms with Crippen LogP contribution in [0.3, 0.4) is 0 Å². The van der Waals surface area contributed by atoms with Crippen LogP contribution in [-0.2, 0) is 19.8 Å². The van der Waals surface area contributed by atoms with Gasteiger partial charge in [0.05, 0.1) is 23.0 Å². The van der Waals surface area contributed by atoms with Crippen molar-refractivity contribution in [2.75, 3.05) is 0 Å². The molecular weight excluding hydrogens is 431 g/mol. The molecule has 0 spiro atoms. The molecule has 0 amide bonds. The third kappa shape index (κ3) is 3.80. The van der Waals surface area contributed by atoms with Crippen LogP contribution in [0.4, 0.5) is 13.2 Å². The minimum absolute atomic E-state index is 0.142. The summed E-state index contributed by atoms with van der Waals surface area (Å²) in [6, 6.07) is 11.2. The lowest BCUT2D eigenvalue weighted by atomic mass is 10.0. The van der Waals surface area contributed by atoms with Gasteiger partial charge in [0.2, 0.25) is 5.78 Å². The highest BCUT2D eigenvalue weighted by Crippen LogP contribution is 2.37. The molecule has 0 bridgehead atoms. The average molecular weight is 455 g/mol. The molecule has 1 fully saturated rings. The monoisotopic (exact) mass is 455 g/mol. The summed E-state index contributed by atoms with van der Waals surface area (Å²) in [6.07, 6.45) is -2.41. The lowest BCUT2D eigenvalue weighted by Gasteiger charge is -2.29. The van der Waals surface area contributed by atoms with Crippen LogP contribution in [-0.4, -0.2) is 30.1 Å². The molecule has 33 heavy (non-hydrogen) atoms. The summed E-state index contributed by atoms with van der Waals surface area (Å²) in [5.74, 6) is 1.09. The van der Waals surface area contributed by atoms with Crippen LogP contribution >= 0.6 is 0 Å². The Kier molecular flexibility index (Phi) is 5.04. The molecule has 9 heteroatoms. The molecule has 4 aromatic rings. The van der Waals surface area contributed by atoms with Crippen molar-refractivity contribution >= 4 is 16.7 Å². The Hall–Kier alpha value is -3.20. The number of nitrogens with zero attached hydrogens (tertiary/aromatic N) is 5. The molecule has 0 radical (unpaired) electrons. The summed E-state index contributed by atoms with van der Waals surface area (Å²) in [7, 11) is 1.67. The fourth-order valence-electron chi connectivity index (χ4n) is 4.48. The Morgan fingerprint density at radius 1 is 1.15 bits per heavy atom. The molecule has 1 atom stereocenters. The molecule has 1 unspecified atom stereocenters. The second-order valence-electron chi connectivity index (χ2n) is 8.84. The van der Waals surface area contributed by atoms with Crippen molar-refractivity contribution in [1.82, 2.24) is 24.1 Å². The van der Waals surface area contributed by atoms with Crippen molar-refractivity contribution < 1.29 is 13.2 Å². The highest BCUT2D eigenvalue weighted by atomic mass is 19.4. The Balaban J connectivity index is 1.58. The highest BCUT2D eigenvalue weighted by molar-refractivity contribution is 5.81. The number of alkyl halides is 3. The van der Waals surface area contributed by atoms with Gasteiger partial charge in [-0.2, -0.15) is 13.2 Å². The van der Waals surface area contributed by atoms with Crippen molar-refractivity contribution in [3.05, 3.63) is 75.3 Å². The number of hydrogen-bond donors (Lipinski definition) is 0. The number of hydrogen-bond acceptors (Lipinski definition) is 4. The maximum absolute atomic E-state index is 13.3. The zero-order chi connectivity index (χ0) is 23.5. The van der Waals surface area contributed by atoms with E-state index >= 15 is 0 Å². The van der Waals surface area contributed by atoms with Gasteiger partial charge in [0.15, 0.2) is 5.82 Å². The number of fused-ring (bicyclic) bond motifs is 3. The molecule has 1 aliphatic carbocycles. The SMILES string of the molecule is Cc1ccc2c(c1)c(=O)n(C)c1nnc(CN(C3CC3)C(C)c3cccc(C(F)(F)F)c3)n21. The first-order valence-electron chi connectivity index (χ1n) is 10.9. The minimum atomic E-state index is -4.38. The normalized spacial score (nSPS) is 15.6. The third-order valence-corrected chi connectivity index (χ3v) is 6.47. The molecule has 1 saturated carbocycles. The maximum Gasteiger partial charge on any atom is 0.416 e. The first-order chi connectivity index (χ1) is 15.6. The van der Waals surface area contributed by atoms with Crippen molar-refractivity contribution in [3.63, 3.8) is 0 Å². The zero-order valence-corrected chi connectivity index (χ0v) is 18.6. The van der Waals surface area contributed by atoms with Gasteiger partial charge in [-0.05, 0) is 56.5 Å². The summed E-state index contributed by atoms with van der Waals surface area (Å²) >= 11 is 0. The summed E-state index contributed by atoms with van der Waals surface area (Å²) in [4.78, 5) is 15.0. The molecule has 2 heterocycles. The van der Waals surface area contributed by atoms with E-state index < -0.39 is 11.7 Å². The van der Waals surface area contributed by atoms with E-state index in [0.717, 1.165) is 30.0 Å². The van der Waals surface area contributed by atoms with Gasteiger partial charge in [0.1, 0.15) is 0 Å². The molecule has 2 aromatic carbocycles. The van der Waals surface area contributed by atoms with Gasteiger partial charge in [0.25, 0.3) is 5.56 Å². The molecule has 5 rings (SSSR count). The van der Waals surface area contributed by atoms with Gasteiger partial charge in [-0.1, -0.05) is 23.8 Å². The van der Waals surface area contributed by atoms with Crippen molar-refractivity contribution in [2.45, 2.75) is 51.5 Å².